The Kier molecular flexibility index (Phi) is 5.46. The Hall–Kier alpha value is -1.16. The van der Waals surface area contributed by atoms with E-state index in [1.807, 2.05) is 0 Å². The molecule has 7 atom stereocenters. The van der Waals surface area contributed by atoms with Crippen LogP contribution in [0.5, 0.6) is 0 Å². The van der Waals surface area contributed by atoms with Gasteiger partial charge in [0.15, 0.2) is 0 Å². The standard InChI is InChI=1S/C25H37FO3/c1-5-15-14-25(4)16(13-21(15)27)7-8-17-18-9-10-20(22(26)23(28)29-6-2)24(18,3)12-11-19(17)25/h7,15,17-19,21,27H,5-6,8-14H2,1-4H3/t15-,17+,18+,19+,21-,24+,25+/m1/s1. The summed E-state index contributed by atoms with van der Waals surface area (Å²) in [5.41, 5.74) is 2.12. The van der Waals surface area contributed by atoms with Gasteiger partial charge in [-0.1, -0.05) is 38.8 Å². The Labute approximate surface area is 174 Å². The molecule has 1 N–H and O–H groups in total. The number of fused-ring (bicyclic) bond motifs is 5. The first kappa shape index (κ1) is 21.1. The van der Waals surface area contributed by atoms with Crippen LogP contribution in [-0.2, 0) is 9.53 Å². The molecule has 4 heteroatoms. The van der Waals surface area contributed by atoms with Crippen molar-refractivity contribution >= 4 is 5.97 Å². The molecule has 0 unspecified atom stereocenters. The average Bonchev–Trinajstić information content (AvgIpc) is 3.04. The summed E-state index contributed by atoms with van der Waals surface area (Å²) in [6, 6.07) is 0. The molecule has 4 rings (SSSR count). The summed E-state index contributed by atoms with van der Waals surface area (Å²) in [6.45, 7) is 8.74. The topological polar surface area (TPSA) is 46.5 Å². The van der Waals surface area contributed by atoms with Gasteiger partial charge < -0.3 is 9.84 Å². The van der Waals surface area contributed by atoms with Gasteiger partial charge in [0.25, 0.3) is 0 Å². The van der Waals surface area contributed by atoms with E-state index >= 15 is 0 Å². The second-order valence-electron chi connectivity index (χ2n) is 10.4. The number of halogens is 1. The van der Waals surface area contributed by atoms with Gasteiger partial charge in [-0.05, 0) is 91.9 Å². The lowest BCUT2D eigenvalue weighted by atomic mass is 9.47. The van der Waals surface area contributed by atoms with Gasteiger partial charge in [0.1, 0.15) is 0 Å². The number of hydrogen-bond donors (Lipinski definition) is 1. The van der Waals surface area contributed by atoms with Crippen molar-refractivity contribution in [1.82, 2.24) is 0 Å². The number of carbonyl (C=O) groups is 1. The molecule has 0 heterocycles. The van der Waals surface area contributed by atoms with Crippen molar-refractivity contribution in [2.24, 2.45) is 34.5 Å². The highest BCUT2D eigenvalue weighted by Gasteiger charge is 2.58. The van der Waals surface area contributed by atoms with Gasteiger partial charge in [0, 0.05) is 0 Å². The third kappa shape index (κ3) is 3.12. The number of esters is 1. The Morgan fingerprint density at radius 3 is 2.66 bits per heavy atom. The lowest BCUT2D eigenvalue weighted by Gasteiger charge is -2.58. The molecular weight excluding hydrogens is 367 g/mol. The van der Waals surface area contributed by atoms with E-state index in [1.165, 1.54) is 5.57 Å². The van der Waals surface area contributed by atoms with Crippen molar-refractivity contribution < 1.29 is 19.0 Å². The van der Waals surface area contributed by atoms with Crippen LogP contribution in [0, 0.1) is 34.5 Å². The largest absolute Gasteiger partial charge is 0.461 e. The first-order chi connectivity index (χ1) is 13.8. The molecular formula is C25H37FO3. The molecule has 162 valence electrons. The van der Waals surface area contributed by atoms with Crippen molar-refractivity contribution in [3.8, 4) is 0 Å². The van der Waals surface area contributed by atoms with Gasteiger partial charge in [-0.2, -0.15) is 4.39 Å². The highest BCUT2D eigenvalue weighted by Crippen LogP contribution is 2.67. The predicted molar refractivity (Wildman–Crippen MR) is 112 cm³/mol. The number of allylic oxidation sites excluding steroid dienone is 2. The summed E-state index contributed by atoms with van der Waals surface area (Å²) < 4.78 is 19.9. The number of carbonyl (C=O) groups excluding carboxylic acids is 1. The summed E-state index contributed by atoms with van der Waals surface area (Å²) in [4.78, 5) is 12.1. The fourth-order valence-corrected chi connectivity index (χ4v) is 7.74. The minimum absolute atomic E-state index is 0.163. The van der Waals surface area contributed by atoms with Gasteiger partial charge in [-0.15, -0.1) is 0 Å². The highest BCUT2D eigenvalue weighted by molar-refractivity contribution is 5.87. The predicted octanol–water partition coefficient (Wildman–Crippen LogP) is 5.73. The first-order valence-corrected chi connectivity index (χ1v) is 11.7. The first-order valence-electron chi connectivity index (χ1n) is 11.7. The van der Waals surface area contributed by atoms with Crippen LogP contribution in [0.3, 0.4) is 0 Å². The third-order valence-electron chi connectivity index (χ3n) is 9.31. The summed E-state index contributed by atoms with van der Waals surface area (Å²) in [5, 5.41) is 10.6. The molecule has 0 aliphatic heterocycles. The summed E-state index contributed by atoms with van der Waals surface area (Å²) in [5.74, 6) is 0.550. The van der Waals surface area contributed by atoms with Crippen molar-refractivity contribution in [1.29, 1.82) is 0 Å². The molecule has 29 heavy (non-hydrogen) atoms. The van der Waals surface area contributed by atoms with Gasteiger partial charge in [0.2, 0.25) is 5.83 Å². The van der Waals surface area contributed by atoms with Crippen LogP contribution in [0.1, 0.15) is 79.1 Å². The molecule has 3 nitrogen and oxygen atoms in total. The molecule has 4 aliphatic rings. The van der Waals surface area contributed by atoms with Gasteiger partial charge >= 0.3 is 5.97 Å². The van der Waals surface area contributed by atoms with E-state index in [0.29, 0.717) is 35.7 Å². The summed E-state index contributed by atoms with van der Waals surface area (Å²) in [6.07, 6.45) is 9.84. The maximum absolute atomic E-state index is 15.0. The zero-order chi connectivity index (χ0) is 21.0. The Bertz CT molecular complexity index is 740. The van der Waals surface area contributed by atoms with E-state index in [2.05, 4.69) is 26.8 Å². The molecule has 4 aliphatic carbocycles. The van der Waals surface area contributed by atoms with Crippen LogP contribution < -0.4 is 0 Å². The monoisotopic (exact) mass is 404 g/mol. The Morgan fingerprint density at radius 1 is 1.24 bits per heavy atom. The quantitative estimate of drug-likeness (QED) is 0.371. The van der Waals surface area contributed by atoms with Gasteiger partial charge in [-0.3, -0.25) is 0 Å². The number of aliphatic hydroxyl groups excluding tert-OH is 1. The third-order valence-corrected chi connectivity index (χ3v) is 9.31. The number of aliphatic hydroxyl groups is 1. The highest BCUT2D eigenvalue weighted by atomic mass is 19.1. The lowest BCUT2D eigenvalue weighted by Crippen LogP contribution is -2.51. The van der Waals surface area contributed by atoms with E-state index < -0.39 is 11.8 Å². The van der Waals surface area contributed by atoms with Crippen LogP contribution in [-0.4, -0.2) is 23.8 Å². The minimum Gasteiger partial charge on any atom is -0.461 e. The molecule has 0 aromatic heterocycles. The molecule has 0 amide bonds. The van der Waals surface area contributed by atoms with Crippen molar-refractivity contribution in [2.45, 2.75) is 85.2 Å². The molecule has 0 aromatic carbocycles. The molecule has 0 spiro atoms. The number of ether oxygens (including phenoxy) is 1. The van der Waals surface area contributed by atoms with Crippen LogP contribution >= 0.6 is 0 Å². The Morgan fingerprint density at radius 2 is 1.97 bits per heavy atom. The molecule has 0 radical (unpaired) electrons. The summed E-state index contributed by atoms with van der Waals surface area (Å²) in [7, 11) is 0. The molecule has 0 saturated heterocycles. The second-order valence-corrected chi connectivity index (χ2v) is 10.4. The zero-order valence-corrected chi connectivity index (χ0v) is 18.5. The molecule has 3 saturated carbocycles. The van der Waals surface area contributed by atoms with E-state index in [4.69, 9.17) is 4.74 Å². The van der Waals surface area contributed by atoms with E-state index in [9.17, 15) is 14.3 Å². The molecule has 0 bridgehead atoms. The zero-order valence-electron chi connectivity index (χ0n) is 18.5. The molecule has 0 aromatic rings. The summed E-state index contributed by atoms with van der Waals surface area (Å²) >= 11 is 0. The minimum atomic E-state index is -0.781. The fraction of sp³-hybridized carbons (Fsp3) is 0.800. The SMILES string of the molecule is CCOC(=O)C(F)=C1CC[C@H]2[C@@H]3CC=C4C[C@@H](O)[C@H](CC)C[C@]4(C)[C@H]3CC[C@]12C. The van der Waals surface area contributed by atoms with E-state index in [0.717, 1.165) is 44.9 Å². The van der Waals surface area contributed by atoms with Crippen LogP contribution in [0.4, 0.5) is 4.39 Å². The maximum Gasteiger partial charge on any atom is 0.367 e. The van der Waals surface area contributed by atoms with E-state index in [1.54, 1.807) is 6.92 Å². The van der Waals surface area contributed by atoms with Crippen LogP contribution in [0.15, 0.2) is 23.0 Å². The number of rotatable bonds is 3. The van der Waals surface area contributed by atoms with E-state index in [-0.39, 0.29) is 23.5 Å². The Balaban J connectivity index is 1.65. The van der Waals surface area contributed by atoms with Gasteiger partial charge in [-0.25, -0.2) is 4.79 Å². The molecule has 3 fully saturated rings. The van der Waals surface area contributed by atoms with Crippen LogP contribution in [0.25, 0.3) is 0 Å². The van der Waals surface area contributed by atoms with Crippen molar-refractivity contribution in [3.63, 3.8) is 0 Å². The lowest BCUT2D eigenvalue weighted by molar-refractivity contribution is -0.140. The number of hydrogen-bond acceptors (Lipinski definition) is 3. The van der Waals surface area contributed by atoms with Crippen LogP contribution in [0.2, 0.25) is 0 Å². The smallest absolute Gasteiger partial charge is 0.367 e. The fourth-order valence-electron chi connectivity index (χ4n) is 7.74. The van der Waals surface area contributed by atoms with Crippen molar-refractivity contribution in [2.75, 3.05) is 6.61 Å². The van der Waals surface area contributed by atoms with Gasteiger partial charge in [0.05, 0.1) is 12.7 Å². The maximum atomic E-state index is 15.0. The average molecular weight is 405 g/mol. The van der Waals surface area contributed by atoms with Crippen molar-refractivity contribution in [3.05, 3.63) is 23.0 Å². The normalized spacial score (nSPS) is 45.6. The second kappa shape index (κ2) is 7.51.